The molecule has 0 aliphatic rings. The third kappa shape index (κ3) is 9.58. The van der Waals surface area contributed by atoms with Gasteiger partial charge in [0.25, 0.3) is 0 Å². The summed E-state index contributed by atoms with van der Waals surface area (Å²) < 4.78 is 0. The highest BCUT2D eigenvalue weighted by atomic mass is 14.0. The summed E-state index contributed by atoms with van der Waals surface area (Å²) in [6.07, 6.45) is 19.5. The molecule has 0 nitrogen and oxygen atoms in total. The summed E-state index contributed by atoms with van der Waals surface area (Å²) in [4.78, 5) is 0. The van der Waals surface area contributed by atoms with Gasteiger partial charge in [-0.05, 0) is 61.8 Å². The van der Waals surface area contributed by atoms with Gasteiger partial charge in [-0.3, -0.25) is 0 Å². The molecule has 0 saturated heterocycles. The van der Waals surface area contributed by atoms with Gasteiger partial charge in [0.2, 0.25) is 0 Å². The van der Waals surface area contributed by atoms with Crippen molar-refractivity contribution in [3.8, 4) is 0 Å². The first-order valence-electron chi connectivity index (χ1n) is 11.9. The Hall–Kier alpha value is -1.56. The van der Waals surface area contributed by atoms with Crippen LogP contribution >= 0.6 is 0 Å². The molecule has 0 fully saturated rings. The molecule has 0 amide bonds. The lowest BCUT2D eigenvalue weighted by atomic mass is 10.00. The summed E-state index contributed by atoms with van der Waals surface area (Å²) in [5.41, 5.74) is 6.00. The lowest BCUT2D eigenvalue weighted by molar-refractivity contribution is 0.540. The molecule has 2 aromatic rings. The maximum absolute atomic E-state index is 2.29. The number of unbranched alkanes of at least 4 members (excludes halogenated alkanes) is 11. The largest absolute Gasteiger partial charge is 0.0620 e. The summed E-state index contributed by atoms with van der Waals surface area (Å²) in [7, 11) is 0. The van der Waals surface area contributed by atoms with Crippen LogP contribution in [0.25, 0.3) is 0 Å². The molecule has 0 aromatic heterocycles. The number of rotatable bonds is 15. The van der Waals surface area contributed by atoms with E-state index in [0.29, 0.717) is 0 Å². The molecule has 0 heterocycles. The monoisotopic (exact) mass is 378 g/mol. The molecule has 28 heavy (non-hydrogen) atoms. The van der Waals surface area contributed by atoms with Crippen LogP contribution in [0.3, 0.4) is 0 Å². The molecular formula is C28H42. The van der Waals surface area contributed by atoms with Crippen molar-refractivity contribution in [3.63, 3.8) is 0 Å². The standard InChI is InChI=1S/C28H42/c1-25-19-15-17-23-27(25)21-13-11-9-7-5-3-4-6-8-10-12-14-22-28-24-18-16-20-26(28)2/h15-20,23-24H,3-14,21-22H2,1-2H3. The van der Waals surface area contributed by atoms with Crippen LogP contribution in [0.5, 0.6) is 0 Å². The van der Waals surface area contributed by atoms with Crippen LogP contribution < -0.4 is 0 Å². The van der Waals surface area contributed by atoms with Gasteiger partial charge in [0.1, 0.15) is 0 Å². The van der Waals surface area contributed by atoms with Gasteiger partial charge in [0, 0.05) is 0 Å². The van der Waals surface area contributed by atoms with Crippen molar-refractivity contribution in [1.29, 1.82) is 0 Å². The van der Waals surface area contributed by atoms with Crippen LogP contribution in [0, 0.1) is 13.8 Å². The van der Waals surface area contributed by atoms with Crippen molar-refractivity contribution in [3.05, 3.63) is 70.8 Å². The molecule has 0 aliphatic carbocycles. The van der Waals surface area contributed by atoms with Gasteiger partial charge in [-0.25, -0.2) is 0 Å². The number of hydrogen-bond donors (Lipinski definition) is 0. The molecule has 0 radical (unpaired) electrons. The molecule has 2 rings (SSSR count). The molecule has 0 heteroatoms. The van der Waals surface area contributed by atoms with Crippen LogP contribution in [0.15, 0.2) is 48.5 Å². The first-order valence-corrected chi connectivity index (χ1v) is 11.9. The van der Waals surface area contributed by atoms with Gasteiger partial charge < -0.3 is 0 Å². The maximum atomic E-state index is 2.29. The van der Waals surface area contributed by atoms with E-state index in [1.165, 1.54) is 101 Å². The average Bonchev–Trinajstić information content (AvgIpc) is 2.71. The minimum atomic E-state index is 1.26. The number of aryl methyl sites for hydroxylation is 4. The van der Waals surface area contributed by atoms with Crippen LogP contribution in [-0.4, -0.2) is 0 Å². The van der Waals surface area contributed by atoms with Crippen LogP contribution in [0.1, 0.15) is 99.3 Å². The average molecular weight is 379 g/mol. The molecule has 0 N–H and O–H groups in total. The minimum absolute atomic E-state index is 1.26. The number of benzene rings is 2. The topological polar surface area (TPSA) is 0 Å². The fraction of sp³-hybridized carbons (Fsp3) is 0.571. The Bertz CT molecular complexity index is 582. The van der Waals surface area contributed by atoms with Crippen molar-refractivity contribution in [1.82, 2.24) is 0 Å². The van der Waals surface area contributed by atoms with Gasteiger partial charge in [-0.15, -0.1) is 0 Å². The smallest absolute Gasteiger partial charge is 0.0276 e. The zero-order valence-corrected chi connectivity index (χ0v) is 18.5. The third-order valence-electron chi connectivity index (χ3n) is 6.16. The highest BCUT2D eigenvalue weighted by molar-refractivity contribution is 5.26. The predicted molar refractivity (Wildman–Crippen MR) is 125 cm³/mol. The highest BCUT2D eigenvalue weighted by Gasteiger charge is 1.99. The molecular weight excluding hydrogens is 336 g/mol. The van der Waals surface area contributed by atoms with Gasteiger partial charge in [0.15, 0.2) is 0 Å². The van der Waals surface area contributed by atoms with Crippen molar-refractivity contribution in [2.75, 3.05) is 0 Å². The van der Waals surface area contributed by atoms with Gasteiger partial charge in [-0.1, -0.05) is 113 Å². The third-order valence-corrected chi connectivity index (χ3v) is 6.16. The van der Waals surface area contributed by atoms with E-state index >= 15 is 0 Å². The Morgan fingerprint density at radius 1 is 0.393 bits per heavy atom. The Morgan fingerprint density at radius 3 is 1.00 bits per heavy atom. The van der Waals surface area contributed by atoms with E-state index in [4.69, 9.17) is 0 Å². The quantitative estimate of drug-likeness (QED) is 0.272. The van der Waals surface area contributed by atoms with Crippen molar-refractivity contribution < 1.29 is 0 Å². The lowest BCUT2D eigenvalue weighted by Crippen LogP contribution is -1.90. The zero-order valence-electron chi connectivity index (χ0n) is 18.5. The first kappa shape index (κ1) is 22.7. The van der Waals surface area contributed by atoms with E-state index in [0.717, 1.165) is 0 Å². The first-order chi connectivity index (χ1) is 13.8. The SMILES string of the molecule is Cc1ccccc1CCCCCCCCCCCCCCc1ccccc1C. The minimum Gasteiger partial charge on any atom is -0.0620 e. The Balaban J connectivity index is 1.33. The summed E-state index contributed by atoms with van der Waals surface area (Å²) in [5, 5.41) is 0. The van der Waals surface area contributed by atoms with E-state index in [-0.39, 0.29) is 0 Å². The molecule has 0 unspecified atom stereocenters. The molecule has 0 aliphatic heterocycles. The van der Waals surface area contributed by atoms with E-state index in [2.05, 4.69) is 62.4 Å². The van der Waals surface area contributed by atoms with Gasteiger partial charge >= 0.3 is 0 Å². The lowest BCUT2D eigenvalue weighted by Gasteiger charge is -2.06. The molecule has 0 atom stereocenters. The Labute approximate surface area is 174 Å². The van der Waals surface area contributed by atoms with E-state index in [1.807, 2.05) is 0 Å². The fourth-order valence-electron chi connectivity index (χ4n) is 4.18. The van der Waals surface area contributed by atoms with Crippen molar-refractivity contribution >= 4 is 0 Å². The summed E-state index contributed by atoms with van der Waals surface area (Å²) in [5.74, 6) is 0. The molecule has 2 aromatic carbocycles. The Morgan fingerprint density at radius 2 is 0.679 bits per heavy atom. The highest BCUT2D eigenvalue weighted by Crippen LogP contribution is 2.16. The summed E-state index contributed by atoms with van der Waals surface area (Å²) >= 11 is 0. The molecule has 0 saturated carbocycles. The normalized spacial score (nSPS) is 11.1. The van der Waals surface area contributed by atoms with Gasteiger partial charge in [0.05, 0.1) is 0 Å². The predicted octanol–water partition coefficient (Wildman–Crippen LogP) is 8.77. The van der Waals surface area contributed by atoms with Crippen LogP contribution in [0.2, 0.25) is 0 Å². The zero-order chi connectivity index (χ0) is 19.9. The molecule has 154 valence electrons. The molecule has 0 bridgehead atoms. The second kappa shape index (κ2) is 14.4. The Kier molecular flexibility index (Phi) is 11.7. The van der Waals surface area contributed by atoms with Crippen LogP contribution in [-0.2, 0) is 12.8 Å². The fourth-order valence-corrected chi connectivity index (χ4v) is 4.18. The van der Waals surface area contributed by atoms with Crippen molar-refractivity contribution in [2.24, 2.45) is 0 Å². The second-order valence-electron chi connectivity index (χ2n) is 8.60. The van der Waals surface area contributed by atoms with Crippen LogP contribution in [0.4, 0.5) is 0 Å². The van der Waals surface area contributed by atoms with E-state index in [1.54, 1.807) is 11.1 Å². The summed E-state index contributed by atoms with van der Waals surface area (Å²) in [6.45, 7) is 4.47. The van der Waals surface area contributed by atoms with E-state index in [9.17, 15) is 0 Å². The van der Waals surface area contributed by atoms with Gasteiger partial charge in [-0.2, -0.15) is 0 Å². The van der Waals surface area contributed by atoms with E-state index < -0.39 is 0 Å². The molecule has 0 spiro atoms. The number of hydrogen-bond acceptors (Lipinski definition) is 0. The summed E-state index contributed by atoms with van der Waals surface area (Å²) in [6, 6.07) is 17.7. The maximum Gasteiger partial charge on any atom is -0.0276 e. The second-order valence-corrected chi connectivity index (χ2v) is 8.60. The van der Waals surface area contributed by atoms with Crippen molar-refractivity contribution in [2.45, 2.75) is 104 Å².